The number of hydrogen-bond acceptors (Lipinski definition) is 4. The Morgan fingerprint density at radius 3 is 2.94 bits per heavy atom. The first kappa shape index (κ1) is 22.1. The van der Waals surface area contributed by atoms with Gasteiger partial charge < -0.3 is 4.74 Å². The molecule has 3 heterocycles. The molecule has 1 aromatic heterocycles. The number of allylic oxidation sites excluding steroid dienone is 1. The zero-order valence-electron chi connectivity index (χ0n) is 19.1. The maximum absolute atomic E-state index is 6.08. The standard InChI is InChI=1S/C28H33NOS2/c1-3-19(2)30-23-9-6-7-21(17-23)24-12-13-26-27(28(24)31)25(18-32-26)20-10-11-22-8-4-5-15-29(22)16-14-20/h6-7,9,12-14,17-19,22,31H,3-5,8,10-11,15-16H2,1-2H3. The first-order chi connectivity index (χ1) is 15.6. The summed E-state index contributed by atoms with van der Waals surface area (Å²) in [6.45, 7) is 6.62. The van der Waals surface area contributed by atoms with E-state index in [1.54, 1.807) is 0 Å². The van der Waals surface area contributed by atoms with E-state index in [0.717, 1.165) is 29.7 Å². The van der Waals surface area contributed by atoms with Crippen LogP contribution in [0.2, 0.25) is 0 Å². The summed E-state index contributed by atoms with van der Waals surface area (Å²) in [5.41, 5.74) is 5.25. The average Bonchev–Trinajstić information content (AvgIpc) is 3.13. The van der Waals surface area contributed by atoms with Crippen LogP contribution in [0.3, 0.4) is 0 Å². The maximum Gasteiger partial charge on any atom is 0.120 e. The average molecular weight is 464 g/mol. The van der Waals surface area contributed by atoms with E-state index in [1.165, 1.54) is 71.0 Å². The molecule has 0 aliphatic carbocycles. The summed E-state index contributed by atoms with van der Waals surface area (Å²) >= 11 is 6.93. The Labute approximate surface area is 201 Å². The third kappa shape index (κ3) is 4.37. The third-order valence-electron chi connectivity index (χ3n) is 7.18. The number of benzene rings is 2. The van der Waals surface area contributed by atoms with E-state index in [0.29, 0.717) is 0 Å². The van der Waals surface area contributed by atoms with Crippen LogP contribution in [0.1, 0.15) is 57.9 Å². The second-order valence-electron chi connectivity index (χ2n) is 9.26. The Morgan fingerprint density at radius 2 is 2.06 bits per heavy atom. The van der Waals surface area contributed by atoms with Crippen molar-refractivity contribution in [3.63, 3.8) is 0 Å². The van der Waals surface area contributed by atoms with Gasteiger partial charge in [0.25, 0.3) is 0 Å². The van der Waals surface area contributed by atoms with Crippen LogP contribution in [-0.4, -0.2) is 30.1 Å². The van der Waals surface area contributed by atoms with Crippen LogP contribution >= 0.6 is 24.0 Å². The fourth-order valence-electron chi connectivity index (χ4n) is 5.16. The van der Waals surface area contributed by atoms with E-state index in [1.807, 2.05) is 17.4 Å². The van der Waals surface area contributed by atoms with Gasteiger partial charge >= 0.3 is 0 Å². The molecule has 32 heavy (non-hydrogen) atoms. The molecular weight excluding hydrogens is 430 g/mol. The third-order valence-corrected chi connectivity index (χ3v) is 8.60. The molecule has 0 bridgehead atoms. The second-order valence-corrected chi connectivity index (χ2v) is 10.6. The van der Waals surface area contributed by atoms with Gasteiger partial charge in [-0.15, -0.1) is 24.0 Å². The highest BCUT2D eigenvalue weighted by molar-refractivity contribution is 7.80. The van der Waals surface area contributed by atoms with Crippen LogP contribution in [0.5, 0.6) is 5.75 Å². The van der Waals surface area contributed by atoms with E-state index in [4.69, 9.17) is 17.4 Å². The molecule has 4 heteroatoms. The van der Waals surface area contributed by atoms with Crippen molar-refractivity contribution in [2.45, 2.75) is 69.4 Å². The molecule has 0 radical (unpaired) electrons. The van der Waals surface area contributed by atoms with E-state index < -0.39 is 0 Å². The fourth-order valence-corrected chi connectivity index (χ4v) is 6.67. The van der Waals surface area contributed by atoms with Crippen LogP contribution in [0, 0.1) is 0 Å². The lowest BCUT2D eigenvalue weighted by Gasteiger charge is -2.33. The summed E-state index contributed by atoms with van der Waals surface area (Å²) in [6.07, 6.45) is 10.3. The van der Waals surface area contributed by atoms with Gasteiger partial charge in [-0.05, 0) is 91.4 Å². The van der Waals surface area contributed by atoms with Crippen molar-refractivity contribution >= 4 is 39.6 Å². The summed E-state index contributed by atoms with van der Waals surface area (Å²) in [7, 11) is 0. The van der Waals surface area contributed by atoms with Crippen LogP contribution in [-0.2, 0) is 0 Å². The number of hydrogen-bond donors (Lipinski definition) is 1. The maximum atomic E-state index is 6.08. The molecule has 2 nitrogen and oxygen atoms in total. The summed E-state index contributed by atoms with van der Waals surface area (Å²) in [5.74, 6) is 0.929. The van der Waals surface area contributed by atoms with Crippen molar-refractivity contribution in [1.29, 1.82) is 0 Å². The minimum absolute atomic E-state index is 0.216. The number of ether oxygens (including phenoxy) is 1. The zero-order chi connectivity index (χ0) is 22.1. The van der Waals surface area contributed by atoms with E-state index in [9.17, 15) is 0 Å². The highest BCUT2D eigenvalue weighted by atomic mass is 32.1. The molecule has 5 rings (SSSR count). The molecule has 1 fully saturated rings. The Morgan fingerprint density at radius 1 is 1.16 bits per heavy atom. The number of fused-ring (bicyclic) bond motifs is 2. The number of thiophene rings is 1. The first-order valence-electron chi connectivity index (χ1n) is 12.1. The van der Waals surface area contributed by atoms with Gasteiger partial charge in [0.1, 0.15) is 5.75 Å². The van der Waals surface area contributed by atoms with E-state index >= 15 is 0 Å². The normalized spacial score (nSPS) is 20.5. The molecule has 2 unspecified atom stereocenters. The highest BCUT2D eigenvalue weighted by Gasteiger charge is 2.25. The molecule has 0 spiro atoms. The summed E-state index contributed by atoms with van der Waals surface area (Å²) in [4.78, 5) is 3.78. The highest BCUT2D eigenvalue weighted by Crippen LogP contribution is 2.42. The molecule has 0 saturated carbocycles. The van der Waals surface area contributed by atoms with Crippen LogP contribution in [0.4, 0.5) is 0 Å². The molecule has 2 aromatic carbocycles. The Hall–Kier alpha value is -1.75. The quantitative estimate of drug-likeness (QED) is 0.384. The molecule has 2 atom stereocenters. The predicted octanol–water partition coefficient (Wildman–Crippen LogP) is 8.07. The minimum atomic E-state index is 0.216. The molecule has 2 aliphatic heterocycles. The van der Waals surface area contributed by atoms with Crippen molar-refractivity contribution in [3.05, 3.63) is 53.4 Å². The van der Waals surface area contributed by atoms with Gasteiger partial charge in [-0.3, -0.25) is 4.90 Å². The van der Waals surface area contributed by atoms with Crippen molar-refractivity contribution < 1.29 is 4.74 Å². The first-order valence-corrected chi connectivity index (χ1v) is 13.4. The van der Waals surface area contributed by atoms with Crippen molar-refractivity contribution in [2.24, 2.45) is 0 Å². The Kier molecular flexibility index (Phi) is 6.64. The summed E-state index contributed by atoms with van der Waals surface area (Å²) in [5, 5.41) is 3.67. The van der Waals surface area contributed by atoms with Crippen molar-refractivity contribution in [2.75, 3.05) is 13.1 Å². The van der Waals surface area contributed by atoms with Crippen LogP contribution < -0.4 is 4.74 Å². The molecule has 0 amide bonds. The van der Waals surface area contributed by atoms with Crippen molar-refractivity contribution in [3.8, 4) is 16.9 Å². The number of rotatable bonds is 5. The monoisotopic (exact) mass is 463 g/mol. The van der Waals surface area contributed by atoms with Gasteiger partial charge in [0.15, 0.2) is 0 Å². The zero-order valence-corrected chi connectivity index (χ0v) is 20.9. The molecule has 2 aliphatic rings. The Bertz CT molecular complexity index is 1130. The lowest BCUT2D eigenvalue weighted by molar-refractivity contribution is 0.161. The van der Waals surface area contributed by atoms with Gasteiger partial charge in [-0.1, -0.05) is 37.6 Å². The van der Waals surface area contributed by atoms with Gasteiger partial charge in [0.2, 0.25) is 0 Å². The molecule has 3 aromatic rings. The van der Waals surface area contributed by atoms with E-state index in [-0.39, 0.29) is 6.10 Å². The van der Waals surface area contributed by atoms with Crippen LogP contribution in [0.15, 0.2) is 52.7 Å². The predicted molar refractivity (Wildman–Crippen MR) is 141 cm³/mol. The molecule has 0 N–H and O–H groups in total. The van der Waals surface area contributed by atoms with Gasteiger partial charge in [0, 0.05) is 27.6 Å². The number of piperidine rings is 1. The lowest BCUT2D eigenvalue weighted by atomic mass is 9.94. The summed E-state index contributed by atoms with van der Waals surface area (Å²) in [6, 6.07) is 13.7. The van der Waals surface area contributed by atoms with E-state index in [2.05, 4.69) is 60.5 Å². The van der Waals surface area contributed by atoms with Gasteiger partial charge in [-0.25, -0.2) is 0 Å². The second kappa shape index (κ2) is 9.62. The van der Waals surface area contributed by atoms with Gasteiger partial charge in [0.05, 0.1) is 6.10 Å². The number of nitrogens with zero attached hydrogens (tertiary/aromatic N) is 1. The smallest absolute Gasteiger partial charge is 0.120 e. The molecule has 1 saturated heterocycles. The SMILES string of the molecule is CCC(C)Oc1cccc(-c2ccc3scc(C4=CCN5CCCCC5CC4)c3c2S)c1. The molecular formula is C28H33NOS2. The van der Waals surface area contributed by atoms with Crippen molar-refractivity contribution in [1.82, 2.24) is 4.90 Å². The van der Waals surface area contributed by atoms with Crippen LogP contribution in [0.25, 0.3) is 26.8 Å². The lowest BCUT2D eigenvalue weighted by Crippen LogP contribution is -2.38. The number of thiol groups is 1. The van der Waals surface area contributed by atoms with Gasteiger partial charge in [-0.2, -0.15) is 0 Å². The molecule has 168 valence electrons. The Balaban J connectivity index is 1.50. The topological polar surface area (TPSA) is 12.5 Å². The largest absolute Gasteiger partial charge is 0.491 e. The minimum Gasteiger partial charge on any atom is -0.491 e. The summed E-state index contributed by atoms with van der Waals surface area (Å²) < 4.78 is 7.40. The fraction of sp³-hybridized carbons (Fsp3) is 0.429.